The maximum Gasteiger partial charge on any atom is 0.230 e. The Labute approximate surface area is 93.4 Å². The summed E-state index contributed by atoms with van der Waals surface area (Å²) in [5, 5.41) is 2.97. The molecular weight excluding hydrogens is 208 g/mol. The van der Waals surface area contributed by atoms with Gasteiger partial charge in [0.2, 0.25) is 11.8 Å². The number of furan rings is 1. The number of hydrogen-bond donors (Lipinski definition) is 1. The van der Waals surface area contributed by atoms with Crippen molar-refractivity contribution in [1.29, 1.82) is 0 Å². The summed E-state index contributed by atoms with van der Waals surface area (Å²) in [6.45, 7) is 0.892. The van der Waals surface area contributed by atoms with E-state index in [4.69, 9.17) is 4.42 Å². The lowest BCUT2D eigenvalue weighted by molar-refractivity contribution is -0.139. The summed E-state index contributed by atoms with van der Waals surface area (Å²) in [4.78, 5) is 24.0. The molecule has 5 heteroatoms. The monoisotopic (exact) mass is 222 g/mol. The van der Waals surface area contributed by atoms with Crippen LogP contribution in [0.1, 0.15) is 24.4 Å². The van der Waals surface area contributed by atoms with Crippen LogP contribution in [0.15, 0.2) is 16.5 Å². The highest BCUT2D eigenvalue weighted by atomic mass is 16.3. The SMILES string of the molecule is CNCc1ccc(CN2C(=O)CCC2=O)o1. The second kappa shape index (κ2) is 4.49. The third-order valence-corrected chi connectivity index (χ3v) is 2.54. The van der Waals surface area contributed by atoms with E-state index in [1.54, 1.807) is 6.07 Å². The van der Waals surface area contributed by atoms with Crippen molar-refractivity contribution < 1.29 is 14.0 Å². The highest BCUT2D eigenvalue weighted by Crippen LogP contribution is 2.17. The van der Waals surface area contributed by atoms with Crippen LogP contribution in [0.2, 0.25) is 0 Å². The maximum atomic E-state index is 11.4. The zero-order valence-electron chi connectivity index (χ0n) is 9.16. The van der Waals surface area contributed by atoms with Gasteiger partial charge in [0.15, 0.2) is 0 Å². The Morgan fingerprint density at radius 3 is 2.50 bits per heavy atom. The number of likely N-dealkylation sites (tertiary alicyclic amines) is 1. The first-order valence-electron chi connectivity index (χ1n) is 5.26. The average molecular weight is 222 g/mol. The van der Waals surface area contributed by atoms with Crippen molar-refractivity contribution >= 4 is 11.8 Å². The number of hydrogen-bond acceptors (Lipinski definition) is 4. The molecule has 1 aromatic heterocycles. The Balaban J connectivity index is 2.02. The molecule has 0 aliphatic carbocycles. The molecule has 0 saturated carbocycles. The predicted octanol–water partition coefficient (Wildman–Crippen LogP) is 0.648. The van der Waals surface area contributed by atoms with Gasteiger partial charge in [0.05, 0.1) is 13.1 Å². The minimum Gasteiger partial charge on any atom is -0.463 e. The number of nitrogens with zero attached hydrogens (tertiary/aromatic N) is 1. The number of carbonyl (C=O) groups excluding carboxylic acids is 2. The maximum absolute atomic E-state index is 11.4. The van der Waals surface area contributed by atoms with Crippen molar-refractivity contribution in [3.63, 3.8) is 0 Å². The van der Waals surface area contributed by atoms with Gasteiger partial charge in [-0.25, -0.2) is 0 Å². The van der Waals surface area contributed by atoms with Gasteiger partial charge in [-0.2, -0.15) is 0 Å². The molecule has 5 nitrogen and oxygen atoms in total. The van der Waals surface area contributed by atoms with E-state index in [1.807, 2.05) is 13.1 Å². The number of imide groups is 1. The van der Waals surface area contributed by atoms with Crippen molar-refractivity contribution in [2.24, 2.45) is 0 Å². The molecule has 0 bridgehead atoms. The molecular formula is C11H14N2O3. The largest absolute Gasteiger partial charge is 0.463 e. The summed E-state index contributed by atoms with van der Waals surface area (Å²) in [6, 6.07) is 3.64. The molecule has 1 aliphatic rings. The van der Waals surface area contributed by atoms with Gasteiger partial charge in [-0.3, -0.25) is 14.5 Å². The van der Waals surface area contributed by atoms with Crippen LogP contribution in [0.5, 0.6) is 0 Å². The van der Waals surface area contributed by atoms with E-state index < -0.39 is 0 Å². The fraction of sp³-hybridized carbons (Fsp3) is 0.455. The molecule has 1 N–H and O–H groups in total. The molecule has 1 fully saturated rings. The van der Waals surface area contributed by atoms with Crippen molar-refractivity contribution in [1.82, 2.24) is 10.2 Å². The topological polar surface area (TPSA) is 62.6 Å². The van der Waals surface area contributed by atoms with Crippen LogP contribution in [0, 0.1) is 0 Å². The molecule has 0 radical (unpaired) electrons. The molecule has 0 aromatic carbocycles. The van der Waals surface area contributed by atoms with E-state index in [2.05, 4.69) is 5.32 Å². The summed E-state index contributed by atoms with van der Waals surface area (Å²) in [6.07, 6.45) is 0.645. The lowest BCUT2D eigenvalue weighted by Gasteiger charge is -2.11. The quantitative estimate of drug-likeness (QED) is 0.760. The van der Waals surface area contributed by atoms with Gasteiger partial charge in [0.1, 0.15) is 11.5 Å². The van der Waals surface area contributed by atoms with Gasteiger partial charge in [-0.05, 0) is 19.2 Å². The molecule has 1 aliphatic heterocycles. The molecule has 2 rings (SSSR count). The molecule has 2 amide bonds. The molecule has 0 unspecified atom stereocenters. The summed E-state index contributed by atoms with van der Waals surface area (Å²) in [7, 11) is 1.83. The van der Waals surface area contributed by atoms with E-state index in [9.17, 15) is 9.59 Å². The second-order valence-corrected chi connectivity index (χ2v) is 3.77. The summed E-state index contributed by atoms with van der Waals surface area (Å²) >= 11 is 0. The first-order chi connectivity index (χ1) is 7.70. The van der Waals surface area contributed by atoms with Crippen LogP contribution in [0.25, 0.3) is 0 Å². The van der Waals surface area contributed by atoms with E-state index in [-0.39, 0.29) is 18.4 Å². The predicted molar refractivity (Wildman–Crippen MR) is 56.3 cm³/mol. The van der Waals surface area contributed by atoms with Crippen LogP contribution in [-0.4, -0.2) is 23.8 Å². The number of nitrogens with one attached hydrogen (secondary N) is 1. The lowest BCUT2D eigenvalue weighted by atomic mass is 10.4. The third kappa shape index (κ3) is 2.14. The molecule has 16 heavy (non-hydrogen) atoms. The second-order valence-electron chi connectivity index (χ2n) is 3.77. The Morgan fingerprint density at radius 2 is 1.88 bits per heavy atom. The Kier molecular flexibility index (Phi) is 3.05. The van der Waals surface area contributed by atoms with Gasteiger partial charge >= 0.3 is 0 Å². The molecule has 1 saturated heterocycles. The van der Waals surface area contributed by atoms with Crippen LogP contribution in [-0.2, 0) is 22.7 Å². The van der Waals surface area contributed by atoms with Crippen molar-refractivity contribution in [2.75, 3.05) is 7.05 Å². The van der Waals surface area contributed by atoms with Crippen molar-refractivity contribution in [2.45, 2.75) is 25.9 Å². The highest BCUT2D eigenvalue weighted by molar-refractivity contribution is 6.01. The number of amides is 2. The molecule has 1 aromatic rings. The van der Waals surface area contributed by atoms with Crippen LogP contribution >= 0.6 is 0 Å². The Hall–Kier alpha value is -1.62. The molecule has 2 heterocycles. The summed E-state index contributed by atoms with van der Waals surface area (Å²) < 4.78 is 5.47. The van der Waals surface area contributed by atoms with Gasteiger partial charge in [0.25, 0.3) is 0 Å². The number of rotatable bonds is 4. The summed E-state index contributed by atoms with van der Waals surface area (Å²) in [5.74, 6) is 1.22. The molecule has 0 spiro atoms. The fourth-order valence-corrected chi connectivity index (χ4v) is 1.73. The van der Waals surface area contributed by atoms with Crippen LogP contribution in [0.4, 0.5) is 0 Å². The third-order valence-electron chi connectivity index (χ3n) is 2.54. The van der Waals surface area contributed by atoms with Gasteiger partial charge in [0, 0.05) is 12.8 Å². The van der Waals surface area contributed by atoms with E-state index >= 15 is 0 Å². The van der Waals surface area contributed by atoms with Crippen LogP contribution < -0.4 is 5.32 Å². The van der Waals surface area contributed by atoms with E-state index in [0.29, 0.717) is 25.1 Å². The minimum atomic E-state index is -0.114. The Bertz CT molecular complexity index is 395. The fourth-order valence-electron chi connectivity index (χ4n) is 1.73. The molecule has 86 valence electrons. The Morgan fingerprint density at radius 1 is 1.25 bits per heavy atom. The minimum absolute atomic E-state index is 0.114. The van der Waals surface area contributed by atoms with Gasteiger partial charge in [-0.1, -0.05) is 0 Å². The van der Waals surface area contributed by atoms with Gasteiger partial charge < -0.3 is 9.73 Å². The van der Waals surface area contributed by atoms with E-state index in [0.717, 1.165) is 5.76 Å². The van der Waals surface area contributed by atoms with Crippen molar-refractivity contribution in [3.05, 3.63) is 23.7 Å². The lowest BCUT2D eigenvalue weighted by Crippen LogP contribution is -2.28. The number of carbonyl (C=O) groups is 2. The molecule has 0 atom stereocenters. The van der Waals surface area contributed by atoms with E-state index in [1.165, 1.54) is 4.90 Å². The first kappa shape index (κ1) is 10.9. The van der Waals surface area contributed by atoms with Gasteiger partial charge in [-0.15, -0.1) is 0 Å². The smallest absolute Gasteiger partial charge is 0.230 e. The normalized spacial score (nSPS) is 16.2. The zero-order valence-corrected chi connectivity index (χ0v) is 9.16. The highest BCUT2D eigenvalue weighted by Gasteiger charge is 2.29. The standard InChI is InChI=1S/C11H14N2O3/c1-12-6-8-2-3-9(16-8)7-13-10(14)4-5-11(13)15/h2-3,12H,4-7H2,1H3. The summed E-state index contributed by atoms with van der Waals surface area (Å²) in [5.41, 5.74) is 0. The first-order valence-corrected chi connectivity index (χ1v) is 5.26. The van der Waals surface area contributed by atoms with Crippen LogP contribution in [0.3, 0.4) is 0 Å². The van der Waals surface area contributed by atoms with Crippen molar-refractivity contribution in [3.8, 4) is 0 Å². The average Bonchev–Trinajstić information content (AvgIpc) is 2.81. The zero-order chi connectivity index (χ0) is 11.5.